The van der Waals surface area contributed by atoms with E-state index in [2.05, 4.69) is 0 Å². The van der Waals surface area contributed by atoms with E-state index in [-0.39, 0.29) is 5.63 Å². The van der Waals surface area contributed by atoms with Crippen molar-refractivity contribution in [3.05, 3.63) is 59.1 Å². The lowest BCUT2D eigenvalue weighted by atomic mass is 10.1. The zero-order valence-electron chi connectivity index (χ0n) is 9.34. The minimum absolute atomic E-state index is 0.316. The number of hydrogen-bond acceptors (Lipinski definition) is 3. The molecule has 2 aromatic heterocycles. The van der Waals surface area contributed by atoms with Crippen LogP contribution in [0.25, 0.3) is 32.7 Å². The van der Waals surface area contributed by atoms with Gasteiger partial charge in [0.15, 0.2) is 0 Å². The van der Waals surface area contributed by atoms with Crippen LogP contribution in [0.5, 0.6) is 0 Å². The zero-order valence-corrected chi connectivity index (χ0v) is 9.34. The third-order valence-electron chi connectivity index (χ3n) is 3.19. The van der Waals surface area contributed by atoms with Crippen molar-refractivity contribution in [2.45, 2.75) is 0 Å². The molecular weight excluding hydrogens is 228 g/mol. The van der Waals surface area contributed by atoms with Crippen LogP contribution in [0, 0.1) is 0 Å². The molecule has 0 unspecified atom stereocenters. The maximum absolute atomic E-state index is 11.9. The minimum atomic E-state index is -0.316. The second-order valence-corrected chi connectivity index (χ2v) is 4.24. The van der Waals surface area contributed by atoms with Gasteiger partial charge < -0.3 is 8.83 Å². The van der Waals surface area contributed by atoms with Gasteiger partial charge in [0.1, 0.15) is 11.2 Å². The van der Waals surface area contributed by atoms with Gasteiger partial charge >= 0.3 is 5.63 Å². The van der Waals surface area contributed by atoms with Gasteiger partial charge in [-0.2, -0.15) is 0 Å². The highest BCUT2D eigenvalue weighted by Crippen LogP contribution is 2.27. The first-order valence-electron chi connectivity index (χ1n) is 5.66. The Morgan fingerprint density at radius 1 is 0.833 bits per heavy atom. The van der Waals surface area contributed by atoms with Crippen LogP contribution < -0.4 is 5.63 Å². The van der Waals surface area contributed by atoms with Gasteiger partial charge in [0.05, 0.1) is 11.6 Å². The summed E-state index contributed by atoms with van der Waals surface area (Å²) < 4.78 is 10.7. The van der Waals surface area contributed by atoms with Gasteiger partial charge in [-0.05, 0) is 23.6 Å². The van der Waals surface area contributed by atoms with Crippen LogP contribution in [-0.2, 0) is 0 Å². The summed E-state index contributed by atoms with van der Waals surface area (Å²) in [4.78, 5) is 11.9. The summed E-state index contributed by atoms with van der Waals surface area (Å²) in [5, 5.41) is 3.44. The lowest BCUT2D eigenvalue weighted by Crippen LogP contribution is -1.99. The molecule has 0 aliphatic carbocycles. The molecule has 0 saturated heterocycles. The van der Waals surface area contributed by atoms with Gasteiger partial charge in [-0.25, -0.2) is 4.79 Å². The SMILES string of the molecule is O=c1oc2cc3occc3cc2c2ccccc12. The number of benzene rings is 2. The second-order valence-electron chi connectivity index (χ2n) is 4.24. The number of rotatable bonds is 0. The van der Waals surface area contributed by atoms with E-state index in [1.165, 1.54) is 0 Å². The lowest BCUT2D eigenvalue weighted by molar-refractivity contribution is 0.567. The molecule has 86 valence electrons. The molecule has 0 amide bonds. The van der Waals surface area contributed by atoms with E-state index in [4.69, 9.17) is 8.83 Å². The molecule has 0 aliphatic rings. The van der Waals surface area contributed by atoms with Crippen molar-refractivity contribution in [3.63, 3.8) is 0 Å². The maximum Gasteiger partial charge on any atom is 0.344 e. The van der Waals surface area contributed by atoms with Gasteiger partial charge in [0.2, 0.25) is 0 Å². The largest absolute Gasteiger partial charge is 0.464 e. The van der Waals surface area contributed by atoms with Crippen molar-refractivity contribution in [1.82, 2.24) is 0 Å². The fraction of sp³-hybridized carbons (Fsp3) is 0. The first-order chi connectivity index (χ1) is 8.83. The highest BCUT2D eigenvalue weighted by molar-refractivity contribution is 6.08. The van der Waals surface area contributed by atoms with E-state index in [0.717, 1.165) is 21.7 Å². The molecule has 18 heavy (non-hydrogen) atoms. The van der Waals surface area contributed by atoms with E-state index in [9.17, 15) is 4.79 Å². The van der Waals surface area contributed by atoms with Crippen molar-refractivity contribution < 1.29 is 8.83 Å². The Bertz CT molecular complexity index is 944. The molecule has 0 fully saturated rings. The predicted molar refractivity (Wildman–Crippen MR) is 69.8 cm³/mol. The Labute approximate surface area is 101 Å². The van der Waals surface area contributed by atoms with Gasteiger partial charge in [0.25, 0.3) is 0 Å². The average molecular weight is 236 g/mol. The molecule has 2 aromatic carbocycles. The molecule has 0 radical (unpaired) electrons. The lowest BCUT2D eigenvalue weighted by Gasteiger charge is -2.01. The van der Waals surface area contributed by atoms with E-state index < -0.39 is 0 Å². The quantitative estimate of drug-likeness (QED) is 0.345. The first kappa shape index (κ1) is 9.48. The summed E-state index contributed by atoms with van der Waals surface area (Å²) in [6.07, 6.45) is 1.63. The molecule has 4 rings (SSSR count). The Hall–Kier alpha value is -2.55. The average Bonchev–Trinajstić information content (AvgIpc) is 2.84. The molecule has 3 heteroatoms. The van der Waals surface area contributed by atoms with E-state index in [1.807, 2.05) is 30.3 Å². The number of furan rings is 1. The van der Waals surface area contributed by atoms with Gasteiger partial charge in [0, 0.05) is 16.8 Å². The van der Waals surface area contributed by atoms with Crippen LogP contribution in [0.2, 0.25) is 0 Å². The molecule has 0 saturated carbocycles. The van der Waals surface area contributed by atoms with Crippen LogP contribution in [0.4, 0.5) is 0 Å². The topological polar surface area (TPSA) is 43.4 Å². The molecule has 0 spiro atoms. The van der Waals surface area contributed by atoms with Crippen LogP contribution in [-0.4, -0.2) is 0 Å². The summed E-state index contributed by atoms with van der Waals surface area (Å²) in [6, 6.07) is 13.1. The van der Waals surface area contributed by atoms with Crippen LogP contribution in [0.15, 0.2) is 62.4 Å². The molecule has 2 heterocycles. The molecule has 0 N–H and O–H groups in total. The molecule has 0 aliphatic heterocycles. The highest BCUT2D eigenvalue weighted by atomic mass is 16.4. The minimum Gasteiger partial charge on any atom is -0.464 e. The Balaban J connectivity index is 2.36. The maximum atomic E-state index is 11.9. The fourth-order valence-electron chi connectivity index (χ4n) is 2.34. The first-order valence-corrected chi connectivity index (χ1v) is 5.66. The number of fused-ring (bicyclic) bond motifs is 4. The van der Waals surface area contributed by atoms with Crippen molar-refractivity contribution >= 4 is 32.7 Å². The molecule has 4 aromatic rings. The Morgan fingerprint density at radius 2 is 1.67 bits per heavy atom. The van der Waals surface area contributed by atoms with Crippen LogP contribution in [0.1, 0.15) is 0 Å². The monoisotopic (exact) mass is 236 g/mol. The third kappa shape index (κ3) is 1.16. The van der Waals surface area contributed by atoms with E-state index in [0.29, 0.717) is 11.0 Å². The predicted octanol–water partition coefficient (Wildman–Crippen LogP) is 3.69. The van der Waals surface area contributed by atoms with Gasteiger partial charge in [-0.3, -0.25) is 0 Å². The van der Waals surface area contributed by atoms with Crippen molar-refractivity contribution in [2.75, 3.05) is 0 Å². The second kappa shape index (κ2) is 3.23. The van der Waals surface area contributed by atoms with Crippen molar-refractivity contribution in [3.8, 4) is 0 Å². The Kier molecular flexibility index (Phi) is 1.70. The molecule has 3 nitrogen and oxygen atoms in total. The summed E-state index contributed by atoms with van der Waals surface area (Å²) in [6.45, 7) is 0. The van der Waals surface area contributed by atoms with Gasteiger partial charge in [-0.1, -0.05) is 18.2 Å². The van der Waals surface area contributed by atoms with Crippen LogP contribution >= 0.6 is 0 Å². The summed E-state index contributed by atoms with van der Waals surface area (Å²) in [7, 11) is 0. The smallest absolute Gasteiger partial charge is 0.344 e. The van der Waals surface area contributed by atoms with E-state index >= 15 is 0 Å². The molecule has 0 bridgehead atoms. The van der Waals surface area contributed by atoms with Gasteiger partial charge in [-0.15, -0.1) is 0 Å². The molecular formula is C15H8O3. The highest BCUT2D eigenvalue weighted by Gasteiger charge is 2.08. The fourth-order valence-corrected chi connectivity index (χ4v) is 2.34. The van der Waals surface area contributed by atoms with Crippen molar-refractivity contribution in [2.24, 2.45) is 0 Å². The summed E-state index contributed by atoms with van der Waals surface area (Å²) in [5.41, 5.74) is 0.964. The zero-order chi connectivity index (χ0) is 12.1. The standard InChI is InChI=1S/C15H8O3/c16-15-11-4-2-1-3-10(11)12-7-9-5-6-17-13(9)8-14(12)18-15/h1-8H. The third-order valence-corrected chi connectivity index (χ3v) is 3.19. The van der Waals surface area contributed by atoms with Crippen molar-refractivity contribution in [1.29, 1.82) is 0 Å². The summed E-state index contributed by atoms with van der Waals surface area (Å²) >= 11 is 0. The van der Waals surface area contributed by atoms with E-state index in [1.54, 1.807) is 18.4 Å². The Morgan fingerprint density at radius 3 is 2.56 bits per heavy atom. The van der Waals surface area contributed by atoms with Crippen LogP contribution in [0.3, 0.4) is 0 Å². The molecule has 0 atom stereocenters. The normalized spacial score (nSPS) is 11.6. The summed E-state index contributed by atoms with van der Waals surface area (Å²) in [5.74, 6) is 0. The number of hydrogen-bond donors (Lipinski definition) is 0.